The van der Waals surface area contributed by atoms with E-state index in [1.54, 1.807) is 7.11 Å². The summed E-state index contributed by atoms with van der Waals surface area (Å²) in [5.74, 6) is 0.944. The first-order valence-electron chi connectivity index (χ1n) is 7.67. The van der Waals surface area contributed by atoms with Gasteiger partial charge < -0.3 is 15.2 Å². The zero-order valence-corrected chi connectivity index (χ0v) is 12.8. The molecule has 116 valence electrons. The molecule has 0 amide bonds. The Balaban J connectivity index is 1.99. The van der Waals surface area contributed by atoms with Gasteiger partial charge >= 0.3 is 0 Å². The number of benzene rings is 1. The van der Waals surface area contributed by atoms with Gasteiger partial charge in [-0.25, -0.2) is 0 Å². The number of ether oxygens (including phenoxy) is 2. The first kappa shape index (κ1) is 16.0. The molecule has 2 rings (SSSR count). The van der Waals surface area contributed by atoms with Crippen LogP contribution >= 0.6 is 0 Å². The van der Waals surface area contributed by atoms with Crippen LogP contribution in [0.2, 0.25) is 0 Å². The second-order valence-corrected chi connectivity index (χ2v) is 5.28. The summed E-state index contributed by atoms with van der Waals surface area (Å²) in [5, 5.41) is 0. The Morgan fingerprint density at radius 1 is 1.29 bits per heavy atom. The van der Waals surface area contributed by atoms with Gasteiger partial charge in [-0.3, -0.25) is 4.90 Å². The number of rotatable bonds is 7. The molecule has 1 unspecified atom stereocenters. The minimum Gasteiger partial charge on any atom is -0.489 e. The van der Waals surface area contributed by atoms with Crippen molar-refractivity contribution >= 4 is 0 Å². The third-order valence-electron chi connectivity index (χ3n) is 3.81. The minimum absolute atomic E-state index is 0.226. The molecule has 1 aromatic carbocycles. The predicted molar refractivity (Wildman–Crippen MR) is 85.2 cm³/mol. The fourth-order valence-corrected chi connectivity index (χ4v) is 2.70. The summed E-state index contributed by atoms with van der Waals surface area (Å²) in [5.41, 5.74) is 6.64. The highest BCUT2D eigenvalue weighted by Gasteiger charge is 2.22. The lowest BCUT2D eigenvalue weighted by atomic mass is 10.1. The molecule has 0 saturated carbocycles. The molecule has 1 fully saturated rings. The van der Waals surface area contributed by atoms with Crippen molar-refractivity contribution in [2.45, 2.75) is 32.0 Å². The molecule has 1 aliphatic heterocycles. The molecule has 21 heavy (non-hydrogen) atoms. The van der Waals surface area contributed by atoms with Crippen LogP contribution in [0.5, 0.6) is 5.75 Å². The molecule has 1 heterocycles. The third kappa shape index (κ3) is 4.84. The van der Waals surface area contributed by atoms with Gasteiger partial charge in [0.1, 0.15) is 18.6 Å². The van der Waals surface area contributed by atoms with E-state index in [0.29, 0.717) is 13.2 Å². The minimum atomic E-state index is 0.226. The van der Waals surface area contributed by atoms with Crippen molar-refractivity contribution in [1.29, 1.82) is 0 Å². The van der Waals surface area contributed by atoms with Crippen molar-refractivity contribution in [2.75, 3.05) is 26.8 Å². The van der Waals surface area contributed by atoms with Crippen LogP contribution in [0.4, 0.5) is 0 Å². The summed E-state index contributed by atoms with van der Waals surface area (Å²) in [4.78, 5) is 2.39. The van der Waals surface area contributed by atoms with Crippen LogP contribution in [0.1, 0.15) is 24.8 Å². The maximum Gasteiger partial charge on any atom is 0.124 e. The lowest BCUT2D eigenvalue weighted by molar-refractivity contribution is -0.0602. The summed E-state index contributed by atoms with van der Waals surface area (Å²) in [6, 6.07) is 8.22. The summed E-state index contributed by atoms with van der Waals surface area (Å²) in [7, 11) is 1.79. The molecule has 0 aliphatic carbocycles. The van der Waals surface area contributed by atoms with E-state index in [9.17, 15) is 0 Å². The standard InChI is InChI=1S/C17H26N2O2/c1-20-17-10-4-6-12-19(17)14-15-8-2-3-9-16(15)21-13-7-5-11-18/h2-3,5,7-9,17H,4,6,10-14,18H2,1H3/b7-5-. The van der Waals surface area contributed by atoms with Crippen LogP contribution < -0.4 is 10.5 Å². The van der Waals surface area contributed by atoms with Crippen molar-refractivity contribution in [1.82, 2.24) is 4.90 Å². The van der Waals surface area contributed by atoms with Gasteiger partial charge in [-0.2, -0.15) is 0 Å². The van der Waals surface area contributed by atoms with Gasteiger partial charge in [-0.05, 0) is 25.3 Å². The van der Waals surface area contributed by atoms with Crippen molar-refractivity contribution in [3.63, 3.8) is 0 Å². The summed E-state index contributed by atoms with van der Waals surface area (Å²) in [6.07, 6.45) is 7.69. The molecule has 0 radical (unpaired) electrons. The van der Waals surface area contributed by atoms with Crippen LogP contribution in [0.3, 0.4) is 0 Å². The molecule has 1 saturated heterocycles. The fourth-order valence-electron chi connectivity index (χ4n) is 2.70. The van der Waals surface area contributed by atoms with Crippen molar-refractivity contribution in [3.05, 3.63) is 42.0 Å². The molecular weight excluding hydrogens is 264 g/mol. The topological polar surface area (TPSA) is 47.7 Å². The van der Waals surface area contributed by atoms with E-state index in [1.165, 1.54) is 18.4 Å². The number of piperidine rings is 1. The smallest absolute Gasteiger partial charge is 0.124 e. The fraction of sp³-hybridized carbons (Fsp3) is 0.529. The molecule has 0 bridgehead atoms. The van der Waals surface area contributed by atoms with Gasteiger partial charge in [0.05, 0.1) is 0 Å². The molecule has 1 atom stereocenters. The first-order chi connectivity index (χ1) is 10.3. The predicted octanol–water partition coefficient (Wildman–Crippen LogP) is 2.54. The van der Waals surface area contributed by atoms with E-state index in [-0.39, 0.29) is 6.23 Å². The van der Waals surface area contributed by atoms with Gasteiger partial charge in [0.15, 0.2) is 0 Å². The van der Waals surface area contributed by atoms with Gasteiger partial charge in [0, 0.05) is 32.3 Å². The van der Waals surface area contributed by atoms with E-state index >= 15 is 0 Å². The van der Waals surface area contributed by atoms with Crippen LogP contribution in [0.25, 0.3) is 0 Å². The van der Waals surface area contributed by atoms with E-state index in [0.717, 1.165) is 25.3 Å². The second-order valence-electron chi connectivity index (χ2n) is 5.28. The van der Waals surface area contributed by atoms with E-state index < -0.39 is 0 Å². The Bertz CT molecular complexity index is 448. The highest BCUT2D eigenvalue weighted by Crippen LogP contribution is 2.24. The lowest BCUT2D eigenvalue weighted by Gasteiger charge is -2.34. The number of likely N-dealkylation sites (tertiary alicyclic amines) is 1. The maximum absolute atomic E-state index is 5.84. The number of nitrogens with zero attached hydrogens (tertiary/aromatic N) is 1. The number of para-hydroxylation sites is 1. The van der Waals surface area contributed by atoms with Gasteiger partial charge in [-0.15, -0.1) is 0 Å². The number of hydrogen-bond donors (Lipinski definition) is 1. The molecule has 0 spiro atoms. The molecule has 0 aromatic heterocycles. The monoisotopic (exact) mass is 290 g/mol. The van der Waals surface area contributed by atoms with Crippen LogP contribution in [0, 0.1) is 0 Å². The van der Waals surface area contributed by atoms with Gasteiger partial charge in [-0.1, -0.05) is 30.4 Å². The van der Waals surface area contributed by atoms with Gasteiger partial charge in [0.2, 0.25) is 0 Å². The largest absolute Gasteiger partial charge is 0.489 e. The molecular formula is C17H26N2O2. The normalized spacial score (nSPS) is 20.0. The summed E-state index contributed by atoms with van der Waals surface area (Å²) >= 11 is 0. The number of nitrogens with two attached hydrogens (primary N) is 1. The second kappa shape index (κ2) is 8.82. The van der Waals surface area contributed by atoms with Crippen LogP contribution in [-0.2, 0) is 11.3 Å². The average molecular weight is 290 g/mol. The summed E-state index contributed by atoms with van der Waals surface area (Å²) in [6.45, 7) is 3.06. The van der Waals surface area contributed by atoms with Crippen LogP contribution in [0.15, 0.2) is 36.4 Å². The Hall–Kier alpha value is -1.36. The molecule has 1 aromatic rings. The number of hydrogen-bond acceptors (Lipinski definition) is 4. The molecule has 4 nitrogen and oxygen atoms in total. The van der Waals surface area contributed by atoms with Crippen LogP contribution in [-0.4, -0.2) is 37.9 Å². The van der Waals surface area contributed by atoms with E-state index in [4.69, 9.17) is 15.2 Å². The Morgan fingerprint density at radius 2 is 2.14 bits per heavy atom. The highest BCUT2D eigenvalue weighted by molar-refractivity contribution is 5.33. The zero-order chi connectivity index (χ0) is 14.9. The Labute approximate surface area is 127 Å². The Kier molecular flexibility index (Phi) is 6.73. The molecule has 4 heteroatoms. The van der Waals surface area contributed by atoms with E-state index in [2.05, 4.69) is 17.0 Å². The van der Waals surface area contributed by atoms with Crippen molar-refractivity contribution < 1.29 is 9.47 Å². The molecule has 1 aliphatic rings. The number of methoxy groups -OCH3 is 1. The quantitative estimate of drug-likeness (QED) is 0.784. The Morgan fingerprint density at radius 3 is 2.95 bits per heavy atom. The molecule has 2 N–H and O–H groups in total. The van der Waals surface area contributed by atoms with Gasteiger partial charge in [0.25, 0.3) is 0 Å². The van der Waals surface area contributed by atoms with Crippen molar-refractivity contribution in [3.8, 4) is 5.75 Å². The van der Waals surface area contributed by atoms with Crippen molar-refractivity contribution in [2.24, 2.45) is 5.73 Å². The average Bonchev–Trinajstić information content (AvgIpc) is 2.53. The maximum atomic E-state index is 5.84. The lowest BCUT2D eigenvalue weighted by Crippen LogP contribution is -2.40. The first-order valence-corrected chi connectivity index (χ1v) is 7.67. The highest BCUT2D eigenvalue weighted by atomic mass is 16.5. The summed E-state index contributed by atoms with van der Waals surface area (Å²) < 4.78 is 11.4. The third-order valence-corrected chi connectivity index (χ3v) is 3.81. The SMILES string of the molecule is COC1CCCCN1Cc1ccccc1OC/C=C\CN. The zero-order valence-electron chi connectivity index (χ0n) is 12.8. The van der Waals surface area contributed by atoms with E-state index in [1.807, 2.05) is 24.3 Å².